The summed E-state index contributed by atoms with van der Waals surface area (Å²) in [6, 6.07) is 22.2. The fraction of sp³-hybridized carbons (Fsp3) is 0.294. The topological polar surface area (TPSA) is 160 Å². The van der Waals surface area contributed by atoms with Crippen molar-refractivity contribution in [3.63, 3.8) is 0 Å². The Hall–Kier alpha value is -5.00. The Balaban J connectivity index is 1.12. The van der Waals surface area contributed by atoms with E-state index in [1.165, 1.54) is 16.7 Å². The first-order chi connectivity index (χ1) is 21.7. The first kappa shape index (κ1) is 31.4. The fourth-order valence-corrected chi connectivity index (χ4v) is 5.58. The molecule has 3 aromatic carbocycles. The molecule has 0 unspecified atom stereocenters. The van der Waals surface area contributed by atoms with Crippen LogP contribution < -0.4 is 22.1 Å². The highest BCUT2D eigenvalue weighted by atomic mass is 16.6. The third kappa shape index (κ3) is 8.14. The number of hydrogen-bond acceptors (Lipinski definition) is 7. The maximum atomic E-state index is 13.1. The lowest BCUT2D eigenvalue weighted by Crippen LogP contribution is -2.43. The van der Waals surface area contributed by atoms with E-state index in [0.717, 1.165) is 16.7 Å². The Morgan fingerprint density at radius 2 is 1.20 bits per heavy atom. The van der Waals surface area contributed by atoms with Gasteiger partial charge in [0.15, 0.2) is 0 Å². The molecule has 4 atom stereocenters. The molecule has 2 heterocycles. The normalized spacial score (nSPS) is 21.1. The van der Waals surface area contributed by atoms with Crippen LogP contribution in [0.3, 0.4) is 0 Å². The van der Waals surface area contributed by atoms with Crippen molar-refractivity contribution in [3.8, 4) is 0 Å². The highest BCUT2D eigenvalue weighted by Gasteiger charge is 2.39. The van der Waals surface area contributed by atoms with Crippen molar-refractivity contribution in [2.75, 3.05) is 23.7 Å². The Labute approximate surface area is 262 Å². The fourth-order valence-electron chi connectivity index (χ4n) is 5.58. The van der Waals surface area contributed by atoms with E-state index in [1.807, 2.05) is 66.7 Å². The number of nitrogens with one attached hydrogen (secondary N) is 2. The van der Waals surface area contributed by atoms with Crippen LogP contribution in [0, 0.1) is 0 Å². The monoisotopic (exact) mass is 610 g/mol. The number of ether oxygens (including phenoxy) is 1. The second-order valence-corrected chi connectivity index (χ2v) is 11.4. The van der Waals surface area contributed by atoms with E-state index < -0.39 is 18.2 Å². The summed E-state index contributed by atoms with van der Waals surface area (Å²) in [5.41, 5.74) is 16.0. The molecule has 2 aliphatic heterocycles. The lowest BCUT2D eigenvalue weighted by molar-refractivity contribution is -0.134. The summed E-state index contributed by atoms with van der Waals surface area (Å²) >= 11 is 0. The van der Waals surface area contributed by atoms with Gasteiger partial charge in [-0.3, -0.25) is 19.3 Å². The summed E-state index contributed by atoms with van der Waals surface area (Å²) in [7, 11) is 0. The zero-order chi connectivity index (χ0) is 31.9. The predicted molar refractivity (Wildman–Crippen MR) is 173 cm³/mol. The van der Waals surface area contributed by atoms with Gasteiger partial charge >= 0.3 is 6.09 Å². The molecule has 0 bridgehead atoms. The van der Waals surface area contributed by atoms with Gasteiger partial charge < -0.3 is 31.7 Å². The van der Waals surface area contributed by atoms with Gasteiger partial charge in [0.1, 0.15) is 18.7 Å². The molecule has 45 heavy (non-hydrogen) atoms. The van der Waals surface area contributed by atoms with Crippen LogP contribution >= 0.6 is 0 Å². The summed E-state index contributed by atoms with van der Waals surface area (Å²) in [6.45, 7) is 2.19. The van der Waals surface area contributed by atoms with Crippen molar-refractivity contribution < 1.29 is 23.9 Å². The second kappa shape index (κ2) is 14.2. The van der Waals surface area contributed by atoms with Crippen LogP contribution in [0.5, 0.6) is 0 Å². The minimum atomic E-state index is -0.723. The van der Waals surface area contributed by atoms with Gasteiger partial charge in [0.25, 0.3) is 0 Å². The van der Waals surface area contributed by atoms with Gasteiger partial charge in [0.2, 0.25) is 17.7 Å². The van der Waals surface area contributed by atoms with Crippen LogP contribution in [-0.2, 0) is 25.7 Å². The SMILES string of the molecule is CC(=O)N1C[C@@H](N)C[C@H]1C(=O)Nc1ccc(/C=C/c2ccc(NC(=O)[C@@H]3C[C@H](N)CN3C(=O)OCc3ccccc3)cc2)cc1. The quantitative estimate of drug-likeness (QED) is 0.284. The molecule has 0 spiro atoms. The van der Waals surface area contributed by atoms with E-state index >= 15 is 0 Å². The van der Waals surface area contributed by atoms with Crippen LogP contribution in [0.4, 0.5) is 16.2 Å². The number of anilines is 2. The van der Waals surface area contributed by atoms with Gasteiger partial charge in [-0.15, -0.1) is 0 Å². The maximum Gasteiger partial charge on any atom is 0.410 e. The third-order valence-electron chi connectivity index (χ3n) is 7.94. The second-order valence-electron chi connectivity index (χ2n) is 11.4. The number of rotatable bonds is 8. The minimum Gasteiger partial charge on any atom is -0.445 e. The summed E-state index contributed by atoms with van der Waals surface area (Å²) in [6.07, 6.45) is 4.09. The highest BCUT2D eigenvalue weighted by molar-refractivity contribution is 5.98. The molecule has 3 aromatic rings. The van der Waals surface area contributed by atoms with E-state index in [4.69, 9.17) is 16.2 Å². The zero-order valence-electron chi connectivity index (χ0n) is 25.1. The molecule has 5 rings (SSSR count). The first-order valence-electron chi connectivity index (χ1n) is 14.9. The number of hydrogen-bond donors (Lipinski definition) is 4. The number of benzene rings is 3. The Morgan fingerprint density at radius 3 is 1.69 bits per heavy atom. The van der Waals surface area contributed by atoms with Crippen LogP contribution in [0.1, 0.15) is 36.5 Å². The molecule has 2 fully saturated rings. The standard InChI is InChI=1S/C34H38N6O5/c1-22(41)39-19-26(35)17-30(39)32(42)37-28-13-9-23(10-14-28)7-8-24-11-15-29(16-12-24)38-33(43)31-18-27(36)20-40(31)34(44)45-21-25-5-3-2-4-6-25/h2-16,26-27,30-31H,17-21,35-36H2,1H3,(H,37,42)(H,38,43)/b8-7+/t26-,27-,30-,31-/m0/s1. The number of amides is 4. The van der Waals surface area contributed by atoms with Gasteiger partial charge in [0, 0.05) is 43.5 Å². The van der Waals surface area contributed by atoms with Gasteiger partial charge in [-0.2, -0.15) is 0 Å². The summed E-state index contributed by atoms with van der Waals surface area (Å²) in [5.74, 6) is -0.735. The average molecular weight is 611 g/mol. The van der Waals surface area contributed by atoms with E-state index in [1.54, 1.807) is 24.3 Å². The molecule has 0 saturated carbocycles. The number of nitrogens with zero attached hydrogens (tertiary/aromatic N) is 2. The van der Waals surface area contributed by atoms with Gasteiger partial charge in [-0.25, -0.2) is 4.79 Å². The van der Waals surface area contributed by atoms with Crippen molar-refractivity contribution in [1.29, 1.82) is 0 Å². The summed E-state index contributed by atoms with van der Waals surface area (Å²) in [4.78, 5) is 53.4. The van der Waals surface area contributed by atoms with E-state index in [-0.39, 0.29) is 43.0 Å². The van der Waals surface area contributed by atoms with Crippen molar-refractivity contribution in [2.24, 2.45) is 11.5 Å². The van der Waals surface area contributed by atoms with Crippen LogP contribution in [0.15, 0.2) is 78.9 Å². The predicted octanol–water partition coefficient (Wildman–Crippen LogP) is 3.42. The molecule has 234 valence electrons. The molecule has 6 N–H and O–H groups in total. The average Bonchev–Trinajstić information content (AvgIpc) is 3.64. The van der Waals surface area contributed by atoms with Crippen LogP contribution in [0.2, 0.25) is 0 Å². The van der Waals surface area contributed by atoms with E-state index in [9.17, 15) is 19.2 Å². The highest BCUT2D eigenvalue weighted by Crippen LogP contribution is 2.22. The lowest BCUT2D eigenvalue weighted by Gasteiger charge is -2.23. The molecule has 0 aliphatic carbocycles. The number of carbonyl (C=O) groups excluding carboxylic acids is 4. The van der Waals surface area contributed by atoms with E-state index in [2.05, 4.69) is 10.6 Å². The molecule has 11 nitrogen and oxygen atoms in total. The zero-order valence-corrected chi connectivity index (χ0v) is 25.1. The minimum absolute atomic E-state index is 0.118. The molecule has 0 aromatic heterocycles. The van der Waals surface area contributed by atoms with E-state index in [0.29, 0.717) is 30.8 Å². The third-order valence-corrected chi connectivity index (χ3v) is 7.94. The Kier molecular flexibility index (Phi) is 9.91. The largest absolute Gasteiger partial charge is 0.445 e. The van der Waals surface area contributed by atoms with Crippen LogP contribution in [0.25, 0.3) is 12.2 Å². The number of nitrogens with two attached hydrogens (primary N) is 2. The van der Waals surface area contributed by atoms with Gasteiger partial charge in [0.05, 0.1) is 0 Å². The molecule has 4 amide bonds. The molecule has 2 saturated heterocycles. The first-order valence-corrected chi connectivity index (χ1v) is 14.9. The molecule has 0 radical (unpaired) electrons. The Morgan fingerprint density at radius 1 is 0.733 bits per heavy atom. The van der Waals surface area contributed by atoms with Gasteiger partial charge in [-0.05, 0) is 53.8 Å². The van der Waals surface area contributed by atoms with Gasteiger partial charge in [-0.1, -0.05) is 66.7 Å². The lowest BCUT2D eigenvalue weighted by atomic mass is 10.1. The van der Waals surface area contributed by atoms with Crippen LogP contribution in [-0.4, -0.2) is 70.9 Å². The molecular formula is C34H38N6O5. The van der Waals surface area contributed by atoms with Crippen molar-refractivity contribution in [1.82, 2.24) is 9.80 Å². The maximum absolute atomic E-state index is 13.1. The molecular weight excluding hydrogens is 572 g/mol. The Bertz CT molecular complexity index is 1540. The number of carbonyl (C=O) groups is 4. The molecule has 2 aliphatic rings. The number of likely N-dealkylation sites (tertiary alicyclic amines) is 2. The molecule has 11 heteroatoms. The van der Waals surface area contributed by atoms with Crippen molar-refractivity contribution in [3.05, 3.63) is 95.6 Å². The smallest absolute Gasteiger partial charge is 0.410 e. The summed E-state index contributed by atoms with van der Waals surface area (Å²) < 4.78 is 5.44. The summed E-state index contributed by atoms with van der Waals surface area (Å²) in [5, 5.41) is 5.76. The van der Waals surface area contributed by atoms with Crippen molar-refractivity contribution in [2.45, 2.75) is 50.5 Å². The van der Waals surface area contributed by atoms with Crippen molar-refractivity contribution >= 4 is 47.3 Å².